The van der Waals surface area contributed by atoms with E-state index in [1.165, 1.54) is 11.1 Å². The van der Waals surface area contributed by atoms with Gasteiger partial charge in [-0.05, 0) is 47.9 Å². The molecule has 0 spiro atoms. The van der Waals surface area contributed by atoms with Crippen LogP contribution in [0.3, 0.4) is 0 Å². The summed E-state index contributed by atoms with van der Waals surface area (Å²) in [5.41, 5.74) is 2.64. The zero-order valence-corrected chi connectivity index (χ0v) is 10.7. The minimum Gasteiger partial charge on any atom is -0.493 e. The summed E-state index contributed by atoms with van der Waals surface area (Å²) in [6.45, 7) is 2.47. The van der Waals surface area contributed by atoms with Crippen molar-refractivity contribution in [2.24, 2.45) is 0 Å². The molecule has 0 saturated carbocycles. The first-order valence-electron chi connectivity index (χ1n) is 6.08. The van der Waals surface area contributed by atoms with Gasteiger partial charge >= 0.3 is 0 Å². The molecule has 17 heavy (non-hydrogen) atoms. The molecule has 1 aromatic rings. The first-order valence-corrected chi connectivity index (χ1v) is 6.08. The largest absolute Gasteiger partial charge is 0.493 e. The Morgan fingerprint density at radius 3 is 2.29 bits per heavy atom. The van der Waals surface area contributed by atoms with Crippen LogP contribution in [0.2, 0.25) is 0 Å². The molecule has 1 aliphatic carbocycles. The van der Waals surface area contributed by atoms with Crippen LogP contribution in [0.4, 0.5) is 0 Å². The summed E-state index contributed by atoms with van der Waals surface area (Å²) < 4.78 is 10.7. The molecule has 0 aromatic heterocycles. The molecule has 1 aromatic carbocycles. The number of rotatable bonds is 4. The summed E-state index contributed by atoms with van der Waals surface area (Å²) >= 11 is 0. The van der Waals surface area contributed by atoms with Gasteiger partial charge in [0.1, 0.15) is 0 Å². The van der Waals surface area contributed by atoms with Gasteiger partial charge < -0.3 is 14.6 Å². The molecular weight excluding hydrogens is 216 g/mol. The third-order valence-electron chi connectivity index (χ3n) is 3.68. The zero-order valence-electron chi connectivity index (χ0n) is 10.7. The van der Waals surface area contributed by atoms with Crippen molar-refractivity contribution < 1.29 is 14.6 Å². The summed E-state index contributed by atoms with van der Waals surface area (Å²) in [6, 6.07) is 4.15. The van der Waals surface area contributed by atoms with Gasteiger partial charge in [-0.2, -0.15) is 0 Å². The highest BCUT2D eigenvalue weighted by molar-refractivity contribution is 5.51. The van der Waals surface area contributed by atoms with Crippen molar-refractivity contribution in [3.63, 3.8) is 0 Å². The second-order valence-corrected chi connectivity index (χ2v) is 4.68. The van der Waals surface area contributed by atoms with E-state index in [4.69, 9.17) is 14.6 Å². The van der Waals surface area contributed by atoms with E-state index in [9.17, 15) is 0 Å². The van der Waals surface area contributed by atoms with E-state index in [-0.39, 0.29) is 6.61 Å². The third kappa shape index (κ3) is 2.12. The summed E-state index contributed by atoms with van der Waals surface area (Å²) in [5, 5.41) is 9.11. The van der Waals surface area contributed by atoms with E-state index >= 15 is 0 Å². The second-order valence-electron chi connectivity index (χ2n) is 4.68. The van der Waals surface area contributed by atoms with Crippen molar-refractivity contribution in [3.05, 3.63) is 23.3 Å². The standard InChI is InChI=1S/C14H20O3/c1-9-6-10(4-5-15)12-8-14(17-3)13(16-2)7-11(9)12/h7-10,15H,4-6H2,1-3H3. The Balaban J connectivity index is 2.43. The molecule has 0 aliphatic heterocycles. The summed E-state index contributed by atoms with van der Waals surface area (Å²) in [6.07, 6.45) is 1.93. The maximum atomic E-state index is 9.11. The normalized spacial score (nSPS) is 22.4. The number of benzene rings is 1. The topological polar surface area (TPSA) is 38.7 Å². The average molecular weight is 236 g/mol. The molecule has 94 valence electrons. The predicted octanol–water partition coefficient (Wildman–Crippen LogP) is 2.68. The Morgan fingerprint density at radius 1 is 1.18 bits per heavy atom. The minimum absolute atomic E-state index is 0.241. The number of ether oxygens (including phenoxy) is 2. The van der Waals surface area contributed by atoms with E-state index in [0.29, 0.717) is 11.8 Å². The van der Waals surface area contributed by atoms with Gasteiger partial charge in [-0.1, -0.05) is 6.92 Å². The maximum absolute atomic E-state index is 9.11. The van der Waals surface area contributed by atoms with Gasteiger partial charge in [-0.15, -0.1) is 0 Å². The van der Waals surface area contributed by atoms with Crippen LogP contribution >= 0.6 is 0 Å². The monoisotopic (exact) mass is 236 g/mol. The molecule has 1 N–H and O–H groups in total. The van der Waals surface area contributed by atoms with Gasteiger partial charge in [0.25, 0.3) is 0 Å². The van der Waals surface area contributed by atoms with Crippen molar-refractivity contribution >= 4 is 0 Å². The summed E-state index contributed by atoms with van der Waals surface area (Å²) in [7, 11) is 3.32. The predicted molar refractivity (Wildman–Crippen MR) is 67.0 cm³/mol. The van der Waals surface area contributed by atoms with Crippen LogP contribution in [0.25, 0.3) is 0 Å². The van der Waals surface area contributed by atoms with Gasteiger partial charge in [-0.3, -0.25) is 0 Å². The smallest absolute Gasteiger partial charge is 0.161 e. The molecule has 2 rings (SSSR count). The fourth-order valence-corrected chi connectivity index (χ4v) is 2.80. The lowest BCUT2D eigenvalue weighted by atomic mass is 9.98. The van der Waals surface area contributed by atoms with Crippen LogP contribution in [0.5, 0.6) is 11.5 Å². The molecule has 0 saturated heterocycles. The molecule has 0 bridgehead atoms. The first kappa shape index (κ1) is 12.2. The van der Waals surface area contributed by atoms with E-state index in [0.717, 1.165) is 24.3 Å². The van der Waals surface area contributed by atoms with Crippen molar-refractivity contribution in [1.29, 1.82) is 0 Å². The number of methoxy groups -OCH3 is 2. The maximum Gasteiger partial charge on any atom is 0.161 e. The minimum atomic E-state index is 0.241. The van der Waals surface area contributed by atoms with E-state index in [1.54, 1.807) is 14.2 Å². The summed E-state index contributed by atoms with van der Waals surface area (Å²) in [4.78, 5) is 0. The van der Waals surface area contributed by atoms with Gasteiger partial charge in [-0.25, -0.2) is 0 Å². The molecule has 0 radical (unpaired) electrons. The van der Waals surface area contributed by atoms with Crippen LogP contribution in [-0.4, -0.2) is 25.9 Å². The zero-order chi connectivity index (χ0) is 12.4. The lowest BCUT2D eigenvalue weighted by Crippen LogP contribution is -1.98. The molecular formula is C14H20O3. The molecule has 1 aliphatic rings. The van der Waals surface area contributed by atoms with Crippen LogP contribution in [0.1, 0.15) is 42.7 Å². The molecule has 0 amide bonds. The molecule has 3 nitrogen and oxygen atoms in total. The van der Waals surface area contributed by atoms with Crippen LogP contribution in [0, 0.1) is 0 Å². The average Bonchev–Trinajstić information content (AvgIpc) is 2.65. The van der Waals surface area contributed by atoms with Crippen LogP contribution < -0.4 is 9.47 Å². The number of fused-ring (bicyclic) bond motifs is 1. The number of aliphatic hydroxyl groups is 1. The Bertz CT molecular complexity index is 401. The van der Waals surface area contributed by atoms with E-state index in [2.05, 4.69) is 19.1 Å². The number of hydrogen-bond donors (Lipinski definition) is 1. The molecule has 2 unspecified atom stereocenters. The van der Waals surface area contributed by atoms with Crippen molar-refractivity contribution in [3.8, 4) is 11.5 Å². The highest BCUT2D eigenvalue weighted by Crippen LogP contribution is 2.47. The van der Waals surface area contributed by atoms with Gasteiger partial charge in [0.05, 0.1) is 14.2 Å². The van der Waals surface area contributed by atoms with Crippen molar-refractivity contribution in [1.82, 2.24) is 0 Å². The fourth-order valence-electron chi connectivity index (χ4n) is 2.80. The van der Waals surface area contributed by atoms with Gasteiger partial charge in [0, 0.05) is 6.61 Å². The second kappa shape index (κ2) is 4.96. The van der Waals surface area contributed by atoms with Crippen molar-refractivity contribution in [2.75, 3.05) is 20.8 Å². The highest BCUT2D eigenvalue weighted by Gasteiger charge is 2.29. The Morgan fingerprint density at radius 2 is 1.76 bits per heavy atom. The Labute approximate surface area is 102 Å². The quantitative estimate of drug-likeness (QED) is 0.873. The first-order chi connectivity index (χ1) is 8.21. The lowest BCUT2D eigenvalue weighted by molar-refractivity contribution is 0.274. The van der Waals surface area contributed by atoms with E-state index < -0.39 is 0 Å². The Hall–Kier alpha value is -1.22. The van der Waals surface area contributed by atoms with Gasteiger partial charge in [0.15, 0.2) is 11.5 Å². The highest BCUT2D eigenvalue weighted by atomic mass is 16.5. The van der Waals surface area contributed by atoms with Crippen LogP contribution in [-0.2, 0) is 0 Å². The molecule has 0 heterocycles. The molecule has 2 atom stereocenters. The fraction of sp³-hybridized carbons (Fsp3) is 0.571. The molecule has 3 heteroatoms. The van der Waals surface area contributed by atoms with Gasteiger partial charge in [0.2, 0.25) is 0 Å². The third-order valence-corrected chi connectivity index (χ3v) is 3.68. The van der Waals surface area contributed by atoms with Crippen molar-refractivity contribution in [2.45, 2.75) is 31.6 Å². The Kier molecular flexibility index (Phi) is 3.57. The summed E-state index contributed by atoms with van der Waals surface area (Å²) in [5.74, 6) is 2.55. The number of hydrogen-bond acceptors (Lipinski definition) is 3. The lowest BCUT2D eigenvalue weighted by Gasteiger charge is -2.13. The number of aliphatic hydroxyl groups excluding tert-OH is 1. The molecule has 0 fully saturated rings. The van der Waals surface area contributed by atoms with E-state index in [1.807, 2.05) is 0 Å². The SMILES string of the molecule is COc1cc2c(cc1OC)C(CCO)CC2C. The van der Waals surface area contributed by atoms with Crippen LogP contribution in [0.15, 0.2) is 12.1 Å².